The van der Waals surface area contributed by atoms with Crippen LogP contribution in [-0.4, -0.2) is 36.2 Å². The number of benzene rings is 2. The van der Waals surface area contributed by atoms with Crippen LogP contribution in [0.15, 0.2) is 42.5 Å². The number of piperidine rings is 1. The van der Waals surface area contributed by atoms with E-state index in [2.05, 4.69) is 40.5 Å². The maximum atomic E-state index is 13.1. The third-order valence-electron chi connectivity index (χ3n) is 6.73. The van der Waals surface area contributed by atoms with Crippen molar-refractivity contribution in [2.45, 2.75) is 51.4 Å². The Bertz CT molecular complexity index is 963. The number of hydrogen-bond acceptors (Lipinski definition) is 3. The van der Waals surface area contributed by atoms with Gasteiger partial charge in [-0.15, -0.1) is 0 Å². The quantitative estimate of drug-likeness (QED) is 0.607. The van der Waals surface area contributed by atoms with Gasteiger partial charge in [-0.25, -0.2) is 0 Å². The van der Waals surface area contributed by atoms with E-state index in [1.54, 1.807) is 6.07 Å². The van der Waals surface area contributed by atoms with Gasteiger partial charge < -0.3 is 10.2 Å². The lowest BCUT2D eigenvalue weighted by Crippen LogP contribution is -2.36. The maximum absolute atomic E-state index is 13.1. The predicted octanol–water partition coefficient (Wildman–Crippen LogP) is 5.49. The molecule has 2 aliphatic heterocycles. The zero-order chi connectivity index (χ0) is 22.0. The molecular weight excluding hydrogens is 408 g/mol. The largest absolute Gasteiger partial charge is 0.325 e. The summed E-state index contributed by atoms with van der Waals surface area (Å²) in [4.78, 5) is 27.7. The van der Waals surface area contributed by atoms with Crippen molar-refractivity contribution in [2.75, 3.05) is 25.0 Å². The van der Waals surface area contributed by atoms with Gasteiger partial charge in [-0.1, -0.05) is 55.8 Å². The molecule has 164 valence electrons. The van der Waals surface area contributed by atoms with Gasteiger partial charge in [0, 0.05) is 35.4 Å². The number of halogens is 1. The molecular formula is C26H31ClN2O2. The molecule has 2 aromatic rings. The average molecular weight is 439 g/mol. The molecule has 0 radical (unpaired) electrons. The summed E-state index contributed by atoms with van der Waals surface area (Å²) in [7, 11) is 0. The van der Waals surface area contributed by atoms with Crippen molar-refractivity contribution in [1.82, 2.24) is 4.90 Å². The molecule has 4 rings (SSSR count). The van der Waals surface area contributed by atoms with Crippen LogP contribution < -0.4 is 5.32 Å². The molecule has 0 aliphatic carbocycles. The van der Waals surface area contributed by atoms with Crippen molar-refractivity contribution in [2.24, 2.45) is 5.92 Å². The fraction of sp³-hybridized carbons (Fsp3) is 0.462. The van der Waals surface area contributed by atoms with E-state index < -0.39 is 0 Å². The molecule has 0 aromatic heterocycles. The topological polar surface area (TPSA) is 49.4 Å². The number of carbonyl (C=O) groups is 2. The van der Waals surface area contributed by atoms with Gasteiger partial charge in [0.1, 0.15) is 0 Å². The summed E-state index contributed by atoms with van der Waals surface area (Å²) in [5.41, 5.74) is 3.22. The summed E-state index contributed by atoms with van der Waals surface area (Å²) in [5.74, 6) is 0.712. The highest BCUT2D eigenvalue weighted by Gasteiger charge is 2.34. The highest BCUT2D eigenvalue weighted by molar-refractivity contribution is 6.31. The van der Waals surface area contributed by atoms with E-state index in [0.29, 0.717) is 35.0 Å². The minimum Gasteiger partial charge on any atom is -0.325 e. The van der Waals surface area contributed by atoms with Gasteiger partial charge in [-0.2, -0.15) is 0 Å². The number of amides is 1. The molecule has 31 heavy (non-hydrogen) atoms. The molecule has 0 spiro atoms. The molecule has 0 atom stereocenters. The standard InChI is InChI=1S/C26H31ClN2O2/c1-26(2)17-24(31)28-25-21(15-20(27)16-22(25)26)23(30)10-13-29-11-8-19(9-12-29)14-18-6-4-3-5-7-18/h3-7,15-16,19H,8-14,17H2,1-2H3,(H,28,31). The molecule has 2 heterocycles. The zero-order valence-electron chi connectivity index (χ0n) is 18.4. The van der Waals surface area contributed by atoms with Crippen LogP contribution in [0.25, 0.3) is 0 Å². The molecule has 2 aromatic carbocycles. The van der Waals surface area contributed by atoms with Crippen LogP contribution in [0.3, 0.4) is 0 Å². The number of carbonyl (C=O) groups excluding carboxylic acids is 2. The first-order valence-electron chi connectivity index (χ1n) is 11.3. The van der Waals surface area contributed by atoms with Crippen LogP contribution in [0.4, 0.5) is 5.69 Å². The summed E-state index contributed by atoms with van der Waals surface area (Å²) >= 11 is 6.35. The average Bonchev–Trinajstić information content (AvgIpc) is 2.73. The molecule has 1 fully saturated rings. The summed E-state index contributed by atoms with van der Waals surface area (Å²) in [6.45, 7) is 6.85. The van der Waals surface area contributed by atoms with E-state index in [0.717, 1.165) is 31.6 Å². The number of likely N-dealkylation sites (tertiary alicyclic amines) is 1. The summed E-state index contributed by atoms with van der Waals surface area (Å²) in [6, 6.07) is 14.3. The lowest BCUT2D eigenvalue weighted by Gasteiger charge is -2.34. The second kappa shape index (κ2) is 9.13. The first-order valence-corrected chi connectivity index (χ1v) is 11.6. The van der Waals surface area contributed by atoms with E-state index in [4.69, 9.17) is 11.6 Å². The molecule has 0 unspecified atom stereocenters. The number of anilines is 1. The Morgan fingerprint density at radius 3 is 2.58 bits per heavy atom. The normalized spacial score (nSPS) is 19.0. The molecule has 4 nitrogen and oxygen atoms in total. The fourth-order valence-electron chi connectivity index (χ4n) is 4.93. The maximum Gasteiger partial charge on any atom is 0.225 e. The zero-order valence-corrected chi connectivity index (χ0v) is 19.2. The van der Waals surface area contributed by atoms with Crippen molar-refractivity contribution in [3.8, 4) is 0 Å². The number of hydrogen-bond donors (Lipinski definition) is 1. The summed E-state index contributed by atoms with van der Waals surface area (Å²) in [6.07, 6.45) is 4.30. The van der Waals surface area contributed by atoms with Crippen molar-refractivity contribution >= 4 is 29.0 Å². The van der Waals surface area contributed by atoms with Crippen LogP contribution in [0.1, 0.15) is 61.0 Å². The Morgan fingerprint density at radius 2 is 1.87 bits per heavy atom. The molecule has 1 N–H and O–H groups in total. The third-order valence-corrected chi connectivity index (χ3v) is 6.95. The molecule has 0 bridgehead atoms. The Hall–Kier alpha value is -2.17. The second-order valence-electron chi connectivity index (χ2n) is 9.63. The van der Waals surface area contributed by atoms with E-state index in [-0.39, 0.29) is 17.1 Å². The second-order valence-corrected chi connectivity index (χ2v) is 10.1. The smallest absolute Gasteiger partial charge is 0.225 e. The van der Waals surface area contributed by atoms with Crippen LogP contribution in [0.2, 0.25) is 5.02 Å². The Kier molecular flexibility index (Phi) is 6.49. The number of Topliss-reactive ketones (excluding diaryl/α,β-unsaturated/α-hetero) is 1. The van der Waals surface area contributed by atoms with Gasteiger partial charge in [0.15, 0.2) is 5.78 Å². The minimum atomic E-state index is -0.335. The number of ketones is 1. The molecule has 1 saturated heterocycles. The van der Waals surface area contributed by atoms with Crippen molar-refractivity contribution < 1.29 is 9.59 Å². The highest BCUT2D eigenvalue weighted by Crippen LogP contribution is 2.41. The SMILES string of the molecule is CC1(C)CC(=O)Nc2c(C(=O)CCN3CCC(Cc4ccccc4)CC3)cc(Cl)cc21. The number of fused-ring (bicyclic) bond motifs is 1. The van der Waals surface area contributed by atoms with Crippen molar-refractivity contribution in [1.29, 1.82) is 0 Å². The van der Waals surface area contributed by atoms with Crippen molar-refractivity contribution in [3.05, 3.63) is 64.2 Å². The summed E-state index contributed by atoms with van der Waals surface area (Å²) < 4.78 is 0. The molecule has 0 saturated carbocycles. The van der Waals surface area contributed by atoms with Crippen LogP contribution in [0.5, 0.6) is 0 Å². The molecule has 2 aliphatic rings. The molecule has 1 amide bonds. The monoisotopic (exact) mass is 438 g/mol. The summed E-state index contributed by atoms with van der Waals surface area (Å²) in [5, 5.41) is 3.48. The highest BCUT2D eigenvalue weighted by atomic mass is 35.5. The Balaban J connectivity index is 1.36. The van der Waals surface area contributed by atoms with E-state index in [9.17, 15) is 9.59 Å². The number of nitrogens with zero attached hydrogens (tertiary/aromatic N) is 1. The van der Waals surface area contributed by atoms with Crippen LogP contribution in [0, 0.1) is 5.92 Å². The van der Waals surface area contributed by atoms with E-state index in [1.807, 2.05) is 19.9 Å². The number of nitrogens with one attached hydrogen (secondary N) is 1. The van der Waals surface area contributed by atoms with Gasteiger partial charge >= 0.3 is 0 Å². The van der Waals surface area contributed by atoms with E-state index >= 15 is 0 Å². The van der Waals surface area contributed by atoms with Gasteiger partial charge in [-0.3, -0.25) is 9.59 Å². The first-order chi connectivity index (χ1) is 14.8. The third kappa shape index (κ3) is 5.19. The lowest BCUT2D eigenvalue weighted by atomic mass is 9.76. The Morgan fingerprint density at radius 1 is 1.16 bits per heavy atom. The fourth-order valence-corrected chi connectivity index (χ4v) is 5.15. The Labute approximate surface area is 190 Å². The minimum absolute atomic E-state index is 0.0446. The van der Waals surface area contributed by atoms with Gasteiger partial charge in [0.25, 0.3) is 0 Å². The van der Waals surface area contributed by atoms with Crippen molar-refractivity contribution in [3.63, 3.8) is 0 Å². The van der Waals surface area contributed by atoms with Gasteiger partial charge in [-0.05, 0) is 61.5 Å². The van der Waals surface area contributed by atoms with Gasteiger partial charge in [0.2, 0.25) is 5.91 Å². The number of rotatable bonds is 6. The van der Waals surface area contributed by atoms with E-state index in [1.165, 1.54) is 18.4 Å². The lowest BCUT2D eigenvalue weighted by molar-refractivity contribution is -0.117. The van der Waals surface area contributed by atoms with Gasteiger partial charge in [0.05, 0.1) is 5.69 Å². The first kappa shape index (κ1) is 22.0. The molecule has 5 heteroatoms. The van der Waals surface area contributed by atoms with Crippen LogP contribution >= 0.6 is 11.6 Å². The predicted molar refractivity (Wildman–Crippen MR) is 126 cm³/mol. The van der Waals surface area contributed by atoms with Crippen LogP contribution in [-0.2, 0) is 16.6 Å².